The van der Waals surface area contributed by atoms with Crippen LogP contribution in [-0.2, 0) is 11.2 Å². The van der Waals surface area contributed by atoms with Crippen LogP contribution in [0.3, 0.4) is 0 Å². The molecule has 0 bridgehead atoms. The molecule has 0 aliphatic rings. The molecule has 1 aromatic heterocycles. The van der Waals surface area contributed by atoms with Crippen molar-refractivity contribution in [2.24, 2.45) is 0 Å². The highest BCUT2D eigenvalue weighted by molar-refractivity contribution is 7.17. The first-order valence-electron chi connectivity index (χ1n) is 6.56. The minimum Gasteiger partial charge on any atom is -0.394 e. The average molecular weight is 322 g/mol. The van der Waals surface area contributed by atoms with Gasteiger partial charge < -0.3 is 10.4 Å². The molecule has 2 N–H and O–H groups in total. The number of rotatable bonds is 6. The van der Waals surface area contributed by atoms with Gasteiger partial charge in [0.15, 0.2) is 0 Å². The molecule has 110 valence electrons. The molecule has 2 rings (SSSR count). The van der Waals surface area contributed by atoms with Crippen LogP contribution >= 0.6 is 22.9 Å². The van der Waals surface area contributed by atoms with E-state index in [-0.39, 0.29) is 18.6 Å². The Balaban J connectivity index is 1.89. The molecule has 3 nitrogen and oxygen atoms in total. The number of halogens is 1. The molecule has 0 saturated carbocycles. The lowest BCUT2D eigenvalue weighted by Gasteiger charge is -2.15. The van der Waals surface area contributed by atoms with Crippen molar-refractivity contribution in [3.63, 3.8) is 0 Å². The Morgan fingerprint density at radius 3 is 2.67 bits per heavy atom. The summed E-state index contributed by atoms with van der Waals surface area (Å²) in [6.07, 6.45) is 3.76. The number of hydrogen-bond acceptors (Lipinski definition) is 3. The summed E-state index contributed by atoms with van der Waals surface area (Å²) >= 11 is 7.23. The summed E-state index contributed by atoms with van der Waals surface area (Å²) in [6, 6.07) is 13.1. The van der Waals surface area contributed by atoms with Crippen molar-refractivity contribution in [1.82, 2.24) is 5.32 Å². The highest BCUT2D eigenvalue weighted by atomic mass is 35.5. The number of carbonyl (C=O) groups is 1. The fraction of sp³-hybridized carbons (Fsp3) is 0.188. The van der Waals surface area contributed by atoms with Crippen LogP contribution in [0.15, 0.2) is 48.5 Å². The van der Waals surface area contributed by atoms with Gasteiger partial charge in [-0.15, -0.1) is 11.3 Å². The van der Waals surface area contributed by atoms with Crippen LogP contribution in [0.2, 0.25) is 4.34 Å². The molecule has 1 atom stereocenters. The normalized spacial score (nSPS) is 12.5. The maximum Gasteiger partial charge on any atom is 0.244 e. The number of amides is 1. The summed E-state index contributed by atoms with van der Waals surface area (Å²) < 4.78 is 0.687. The summed E-state index contributed by atoms with van der Waals surface area (Å²) in [5.74, 6) is -0.227. The standard InChI is InChI=1S/C16H16ClNO2S/c17-15-8-6-14(21-15)7-9-16(20)18-13(11-19)10-12-4-2-1-3-5-12/h1-9,13,19H,10-11H2,(H,18,20). The van der Waals surface area contributed by atoms with Gasteiger partial charge in [-0.2, -0.15) is 0 Å². The summed E-state index contributed by atoms with van der Waals surface area (Å²) in [6.45, 7) is -0.0979. The van der Waals surface area contributed by atoms with Gasteiger partial charge in [0.2, 0.25) is 5.91 Å². The molecule has 1 heterocycles. The molecule has 1 amide bonds. The average Bonchev–Trinajstić information content (AvgIpc) is 2.91. The van der Waals surface area contributed by atoms with Gasteiger partial charge in [0.1, 0.15) is 0 Å². The summed E-state index contributed by atoms with van der Waals surface area (Å²) in [5, 5.41) is 12.2. The predicted molar refractivity (Wildman–Crippen MR) is 87.5 cm³/mol. The first-order valence-corrected chi connectivity index (χ1v) is 7.75. The third kappa shape index (κ3) is 5.34. The van der Waals surface area contributed by atoms with E-state index in [1.165, 1.54) is 17.4 Å². The lowest BCUT2D eigenvalue weighted by Crippen LogP contribution is -2.38. The van der Waals surface area contributed by atoms with E-state index in [0.717, 1.165) is 10.4 Å². The Labute approximate surface area is 132 Å². The van der Waals surface area contributed by atoms with Crippen molar-refractivity contribution in [2.45, 2.75) is 12.5 Å². The summed E-state index contributed by atoms with van der Waals surface area (Å²) in [4.78, 5) is 12.8. The second-order valence-corrected chi connectivity index (χ2v) is 6.30. The van der Waals surface area contributed by atoms with Gasteiger partial charge in [0, 0.05) is 11.0 Å². The van der Waals surface area contributed by atoms with Crippen LogP contribution in [0.1, 0.15) is 10.4 Å². The molecule has 0 fully saturated rings. The monoisotopic (exact) mass is 321 g/mol. The molecule has 2 aromatic rings. The van der Waals surface area contributed by atoms with E-state index in [1.807, 2.05) is 36.4 Å². The zero-order valence-electron chi connectivity index (χ0n) is 11.3. The summed E-state index contributed by atoms with van der Waals surface area (Å²) in [5.41, 5.74) is 1.07. The molecule has 0 saturated heterocycles. The van der Waals surface area contributed by atoms with Crippen molar-refractivity contribution in [2.75, 3.05) is 6.61 Å². The second-order valence-electron chi connectivity index (χ2n) is 4.55. The Kier molecular flexibility index (Phi) is 5.99. The van der Waals surface area contributed by atoms with Gasteiger partial charge in [0.05, 0.1) is 17.0 Å². The van der Waals surface area contributed by atoms with Crippen molar-refractivity contribution >= 4 is 34.9 Å². The van der Waals surface area contributed by atoms with Gasteiger partial charge in [0.25, 0.3) is 0 Å². The van der Waals surface area contributed by atoms with Crippen LogP contribution in [0.4, 0.5) is 0 Å². The summed E-state index contributed by atoms with van der Waals surface area (Å²) in [7, 11) is 0. The van der Waals surface area contributed by atoms with Crippen LogP contribution in [0.25, 0.3) is 6.08 Å². The minimum absolute atomic E-state index is 0.0979. The highest BCUT2D eigenvalue weighted by Crippen LogP contribution is 2.22. The Bertz CT molecular complexity index is 610. The van der Waals surface area contributed by atoms with Crippen molar-refractivity contribution in [3.05, 3.63) is 63.3 Å². The molecule has 0 aliphatic carbocycles. The molecule has 0 spiro atoms. The topological polar surface area (TPSA) is 49.3 Å². The molecule has 5 heteroatoms. The maximum atomic E-state index is 11.8. The zero-order valence-corrected chi connectivity index (χ0v) is 12.9. The molecule has 0 aliphatic heterocycles. The highest BCUT2D eigenvalue weighted by Gasteiger charge is 2.10. The molecule has 21 heavy (non-hydrogen) atoms. The van der Waals surface area contributed by atoms with E-state index < -0.39 is 0 Å². The van der Waals surface area contributed by atoms with Gasteiger partial charge >= 0.3 is 0 Å². The van der Waals surface area contributed by atoms with Gasteiger partial charge in [-0.25, -0.2) is 0 Å². The number of aliphatic hydroxyl groups excluding tert-OH is 1. The smallest absolute Gasteiger partial charge is 0.244 e. The van der Waals surface area contributed by atoms with Crippen molar-refractivity contribution in [1.29, 1.82) is 0 Å². The Hall–Kier alpha value is -1.62. The Morgan fingerprint density at radius 2 is 2.05 bits per heavy atom. The number of nitrogens with one attached hydrogen (secondary N) is 1. The van der Waals surface area contributed by atoms with Crippen LogP contribution < -0.4 is 5.32 Å². The third-order valence-corrected chi connectivity index (χ3v) is 4.08. The number of aliphatic hydroxyl groups is 1. The van der Waals surface area contributed by atoms with E-state index in [2.05, 4.69) is 5.32 Å². The van der Waals surface area contributed by atoms with Crippen LogP contribution in [0, 0.1) is 0 Å². The van der Waals surface area contributed by atoms with Gasteiger partial charge in [-0.3, -0.25) is 4.79 Å². The second kappa shape index (κ2) is 7.98. The van der Waals surface area contributed by atoms with E-state index in [9.17, 15) is 9.90 Å². The lowest BCUT2D eigenvalue weighted by molar-refractivity contribution is -0.117. The minimum atomic E-state index is -0.295. The van der Waals surface area contributed by atoms with E-state index in [1.54, 1.807) is 12.1 Å². The first-order chi connectivity index (χ1) is 10.2. The molecular formula is C16H16ClNO2S. The van der Waals surface area contributed by atoms with Crippen molar-refractivity contribution in [3.8, 4) is 0 Å². The largest absolute Gasteiger partial charge is 0.394 e. The number of carbonyl (C=O) groups excluding carboxylic acids is 1. The van der Waals surface area contributed by atoms with Gasteiger partial charge in [-0.05, 0) is 30.2 Å². The number of hydrogen-bond donors (Lipinski definition) is 2. The molecule has 1 unspecified atom stereocenters. The fourth-order valence-corrected chi connectivity index (χ4v) is 2.85. The predicted octanol–water partition coefficient (Wildman–Crippen LogP) is 3.13. The fourth-order valence-electron chi connectivity index (χ4n) is 1.88. The first kappa shape index (κ1) is 15.8. The van der Waals surface area contributed by atoms with E-state index >= 15 is 0 Å². The SMILES string of the molecule is O=C(C=Cc1ccc(Cl)s1)NC(CO)Cc1ccccc1. The van der Waals surface area contributed by atoms with E-state index in [4.69, 9.17) is 11.6 Å². The number of benzene rings is 1. The third-order valence-electron chi connectivity index (χ3n) is 2.88. The van der Waals surface area contributed by atoms with Crippen molar-refractivity contribution < 1.29 is 9.90 Å². The molecular weight excluding hydrogens is 306 g/mol. The zero-order chi connectivity index (χ0) is 15.1. The number of thiophene rings is 1. The van der Waals surface area contributed by atoms with E-state index in [0.29, 0.717) is 10.8 Å². The van der Waals surface area contributed by atoms with Crippen LogP contribution in [0.5, 0.6) is 0 Å². The molecule has 0 radical (unpaired) electrons. The maximum absolute atomic E-state index is 11.8. The van der Waals surface area contributed by atoms with Crippen LogP contribution in [-0.4, -0.2) is 23.7 Å². The quantitative estimate of drug-likeness (QED) is 0.803. The van der Waals surface area contributed by atoms with Gasteiger partial charge in [-0.1, -0.05) is 41.9 Å². The Morgan fingerprint density at radius 1 is 1.29 bits per heavy atom. The molecule has 1 aromatic carbocycles. The lowest BCUT2D eigenvalue weighted by atomic mass is 10.1.